The van der Waals surface area contributed by atoms with Crippen LogP contribution < -0.4 is 10.3 Å². The summed E-state index contributed by atoms with van der Waals surface area (Å²) in [7, 11) is 0. The van der Waals surface area contributed by atoms with E-state index < -0.39 is 0 Å². The highest BCUT2D eigenvalue weighted by Crippen LogP contribution is 2.37. The smallest absolute Gasteiger partial charge is 0.271 e. The van der Waals surface area contributed by atoms with Gasteiger partial charge < -0.3 is 4.90 Å². The topological polar surface area (TPSA) is 61.8 Å². The third-order valence-electron chi connectivity index (χ3n) is 5.34. The van der Waals surface area contributed by atoms with E-state index in [1.807, 2.05) is 62.4 Å². The Balaban J connectivity index is 1.52. The van der Waals surface area contributed by atoms with Gasteiger partial charge in [0, 0.05) is 22.2 Å². The fourth-order valence-corrected chi connectivity index (χ4v) is 3.68. The van der Waals surface area contributed by atoms with Crippen molar-refractivity contribution >= 4 is 34.0 Å². The molecule has 1 N–H and O–H groups in total. The third kappa shape index (κ3) is 3.51. The molecular weight excluding hydrogens is 362 g/mol. The molecule has 0 radical (unpaired) electrons. The first-order valence-electron chi connectivity index (χ1n) is 9.90. The Labute approximate surface area is 170 Å². The summed E-state index contributed by atoms with van der Waals surface area (Å²) in [5.41, 5.74) is 6.75. The molecule has 0 spiro atoms. The van der Waals surface area contributed by atoms with Crippen molar-refractivity contribution < 1.29 is 9.59 Å². The van der Waals surface area contributed by atoms with Crippen LogP contribution in [0.15, 0.2) is 65.8 Å². The maximum Gasteiger partial charge on any atom is 0.271 e. The molecule has 146 valence electrons. The Morgan fingerprint density at radius 1 is 0.966 bits per heavy atom. The van der Waals surface area contributed by atoms with Crippen LogP contribution in [0.5, 0.6) is 0 Å². The number of carbonyl (C=O) groups is 2. The lowest BCUT2D eigenvalue weighted by Crippen LogP contribution is -2.26. The van der Waals surface area contributed by atoms with Gasteiger partial charge in [-0.3, -0.25) is 9.59 Å². The Morgan fingerprint density at radius 3 is 2.34 bits per heavy atom. The van der Waals surface area contributed by atoms with E-state index in [-0.39, 0.29) is 11.8 Å². The maximum atomic E-state index is 12.9. The number of hydrazone groups is 1. The van der Waals surface area contributed by atoms with E-state index in [0.717, 1.165) is 46.1 Å². The minimum absolute atomic E-state index is 0.0135. The molecule has 0 aliphatic carbocycles. The summed E-state index contributed by atoms with van der Waals surface area (Å²) in [5.74, 6) is -0.218. The number of nitrogens with one attached hydrogen (secondary N) is 1. The molecule has 4 rings (SSSR count). The summed E-state index contributed by atoms with van der Waals surface area (Å²) in [4.78, 5) is 27.0. The van der Waals surface area contributed by atoms with Crippen molar-refractivity contribution in [2.75, 3.05) is 4.90 Å². The molecule has 3 aromatic carbocycles. The molecule has 0 atom stereocenters. The Bertz CT molecular complexity index is 1110. The van der Waals surface area contributed by atoms with Crippen LogP contribution in [0.2, 0.25) is 0 Å². The summed E-state index contributed by atoms with van der Waals surface area (Å²) in [6.45, 7) is 4.49. The van der Waals surface area contributed by atoms with E-state index in [9.17, 15) is 9.59 Å². The summed E-state index contributed by atoms with van der Waals surface area (Å²) in [6, 6.07) is 19.1. The standard InChI is InChI=1S/C24H23N3O2/c1-3-19(4-2)25-26-23(28)18-13-11-16(12-14-18)15-27-21-10-6-8-17-7-5-9-20(22(17)21)24(27)29/h5-14H,3-4,15H2,1-2H3,(H,26,28). The number of hydrogen-bond donors (Lipinski definition) is 1. The lowest BCUT2D eigenvalue weighted by Gasteiger charge is -2.18. The number of benzene rings is 3. The average molecular weight is 385 g/mol. The summed E-state index contributed by atoms with van der Waals surface area (Å²) in [5, 5.41) is 6.24. The average Bonchev–Trinajstić information content (AvgIpc) is 3.03. The minimum Gasteiger partial charge on any atom is -0.303 e. The summed E-state index contributed by atoms with van der Waals surface area (Å²) >= 11 is 0. The molecule has 0 aromatic heterocycles. The van der Waals surface area contributed by atoms with Gasteiger partial charge in [0.1, 0.15) is 0 Å². The van der Waals surface area contributed by atoms with Gasteiger partial charge in [-0.2, -0.15) is 5.10 Å². The molecule has 0 saturated carbocycles. The van der Waals surface area contributed by atoms with E-state index in [4.69, 9.17) is 0 Å². The van der Waals surface area contributed by atoms with Crippen molar-refractivity contribution in [2.24, 2.45) is 5.10 Å². The third-order valence-corrected chi connectivity index (χ3v) is 5.34. The molecule has 1 aliphatic heterocycles. The van der Waals surface area contributed by atoms with E-state index in [0.29, 0.717) is 12.1 Å². The van der Waals surface area contributed by atoms with Crippen LogP contribution in [0.25, 0.3) is 10.8 Å². The first-order chi connectivity index (χ1) is 14.1. The van der Waals surface area contributed by atoms with E-state index in [2.05, 4.69) is 10.5 Å². The molecule has 5 heteroatoms. The lowest BCUT2D eigenvalue weighted by atomic mass is 10.1. The number of amides is 2. The molecule has 1 heterocycles. The number of rotatable bonds is 6. The van der Waals surface area contributed by atoms with Gasteiger partial charge in [0.25, 0.3) is 11.8 Å². The van der Waals surface area contributed by atoms with E-state index >= 15 is 0 Å². The molecule has 0 bridgehead atoms. The second-order valence-electron chi connectivity index (χ2n) is 7.10. The Hall–Kier alpha value is -3.47. The van der Waals surface area contributed by atoms with Crippen LogP contribution in [-0.4, -0.2) is 17.5 Å². The zero-order valence-electron chi connectivity index (χ0n) is 16.6. The molecule has 2 amide bonds. The predicted octanol–water partition coefficient (Wildman–Crippen LogP) is 4.91. The Morgan fingerprint density at radius 2 is 1.66 bits per heavy atom. The van der Waals surface area contributed by atoms with Gasteiger partial charge in [0.2, 0.25) is 0 Å². The molecule has 29 heavy (non-hydrogen) atoms. The predicted molar refractivity (Wildman–Crippen MR) is 116 cm³/mol. The van der Waals surface area contributed by atoms with Crippen molar-refractivity contribution in [2.45, 2.75) is 33.2 Å². The van der Waals surface area contributed by atoms with Gasteiger partial charge in [-0.1, -0.05) is 50.2 Å². The van der Waals surface area contributed by atoms with Crippen molar-refractivity contribution in [3.63, 3.8) is 0 Å². The van der Waals surface area contributed by atoms with Crippen LogP contribution in [0.3, 0.4) is 0 Å². The first kappa shape index (κ1) is 18.9. The normalized spacial score (nSPS) is 12.3. The van der Waals surface area contributed by atoms with Gasteiger partial charge in [-0.05, 0) is 48.1 Å². The zero-order valence-corrected chi connectivity index (χ0v) is 16.6. The van der Waals surface area contributed by atoms with Crippen molar-refractivity contribution in [1.29, 1.82) is 0 Å². The monoisotopic (exact) mass is 385 g/mol. The van der Waals surface area contributed by atoms with Gasteiger partial charge in [-0.15, -0.1) is 0 Å². The van der Waals surface area contributed by atoms with Crippen LogP contribution in [0, 0.1) is 0 Å². The fourth-order valence-electron chi connectivity index (χ4n) is 3.68. The maximum absolute atomic E-state index is 12.9. The summed E-state index contributed by atoms with van der Waals surface area (Å²) < 4.78 is 0. The van der Waals surface area contributed by atoms with Crippen molar-refractivity contribution in [1.82, 2.24) is 5.43 Å². The number of carbonyl (C=O) groups excluding carboxylic acids is 2. The second-order valence-corrected chi connectivity index (χ2v) is 7.10. The van der Waals surface area contributed by atoms with Crippen molar-refractivity contribution in [3.05, 3.63) is 77.4 Å². The fraction of sp³-hybridized carbons (Fsp3) is 0.208. The molecule has 5 nitrogen and oxygen atoms in total. The molecule has 0 fully saturated rings. The minimum atomic E-state index is -0.231. The molecule has 0 saturated heterocycles. The number of anilines is 1. The highest BCUT2D eigenvalue weighted by molar-refractivity contribution is 6.24. The number of hydrogen-bond acceptors (Lipinski definition) is 3. The van der Waals surface area contributed by atoms with Gasteiger partial charge >= 0.3 is 0 Å². The molecule has 1 aliphatic rings. The quantitative estimate of drug-likeness (QED) is 0.484. The van der Waals surface area contributed by atoms with Gasteiger partial charge in [0.15, 0.2) is 0 Å². The second kappa shape index (κ2) is 7.87. The van der Waals surface area contributed by atoms with Crippen LogP contribution in [0.1, 0.15) is 53.0 Å². The zero-order chi connectivity index (χ0) is 20.4. The van der Waals surface area contributed by atoms with Crippen molar-refractivity contribution in [3.8, 4) is 0 Å². The highest BCUT2D eigenvalue weighted by Gasteiger charge is 2.29. The molecular formula is C24H23N3O2. The number of nitrogens with zero attached hydrogens (tertiary/aromatic N) is 2. The first-order valence-corrected chi connectivity index (χ1v) is 9.90. The van der Waals surface area contributed by atoms with Crippen LogP contribution in [0.4, 0.5) is 5.69 Å². The van der Waals surface area contributed by atoms with Gasteiger partial charge in [-0.25, -0.2) is 5.43 Å². The van der Waals surface area contributed by atoms with Crippen LogP contribution in [-0.2, 0) is 6.54 Å². The SMILES string of the molecule is CCC(CC)=NNC(=O)c1ccc(CN2C(=O)c3cccc4cccc2c34)cc1. The molecule has 3 aromatic rings. The van der Waals surface area contributed by atoms with Crippen LogP contribution >= 0.6 is 0 Å². The van der Waals surface area contributed by atoms with E-state index in [1.165, 1.54) is 0 Å². The Kier molecular flexibility index (Phi) is 5.12. The summed E-state index contributed by atoms with van der Waals surface area (Å²) in [6.07, 6.45) is 1.63. The highest BCUT2D eigenvalue weighted by atomic mass is 16.2. The molecule has 0 unspecified atom stereocenters. The largest absolute Gasteiger partial charge is 0.303 e. The lowest BCUT2D eigenvalue weighted by molar-refractivity contribution is 0.0952. The van der Waals surface area contributed by atoms with Gasteiger partial charge in [0.05, 0.1) is 12.2 Å². The van der Waals surface area contributed by atoms with E-state index in [1.54, 1.807) is 17.0 Å².